The summed E-state index contributed by atoms with van der Waals surface area (Å²) in [6.45, 7) is 1.07. The number of carbonyl (C=O) groups is 1. The van der Waals surface area contributed by atoms with Gasteiger partial charge < -0.3 is 19.5 Å². The molecule has 1 N–H and O–H groups in total. The lowest BCUT2D eigenvalue weighted by Crippen LogP contribution is -2.44. The van der Waals surface area contributed by atoms with E-state index in [0.29, 0.717) is 48.3 Å². The molecular formula is C25H24ClNO4. The van der Waals surface area contributed by atoms with Crippen LogP contribution in [0, 0.1) is 0 Å². The number of hydrogen-bond acceptors (Lipinski definition) is 4. The van der Waals surface area contributed by atoms with Crippen molar-refractivity contribution in [2.75, 3.05) is 25.6 Å². The minimum Gasteiger partial charge on any atom is -0.497 e. The van der Waals surface area contributed by atoms with Gasteiger partial charge in [0.25, 0.3) is 0 Å². The second-order valence-electron chi connectivity index (χ2n) is 7.43. The van der Waals surface area contributed by atoms with Crippen LogP contribution in [-0.4, -0.2) is 26.2 Å². The van der Waals surface area contributed by atoms with Crippen LogP contribution < -0.4 is 14.8 Å². The van der Waals surface area contributed by atoms with Crippen LogP contribution >= 0.6 is 11.6 Å². The monoisotopic (exact) mass is 437 g/mol. The van der Waals surface area contributed by atoms with Gasteiger partial charge in [0.15, 0.2) is 5.75 Å². The lowest BCUT2D eigenvalue weighted by Gasteiger charge is -2.36. The average molecular weight is 438 g/mol. The highest BCUT2D eigenvalue weighted by Crippen LogP contribution is 2.38. The van der Waals surface area contributed by atoms with E-state index < -0.39 is 5.41 Å². The molecule has 1 fully saturated rings. The zero-order chi connectivity index (χ0) is 21.7. The molecule has 0 unspecified atom stereocenters. The number of nitrogens with one attached hydrogen (secondary N) is 1. The molecule has 3 aromatic carbocycles. The van der Waals surface area contributed by atoms with Crippen LogP contribution in [0.25, 0.3) is 0 Å². The molecule has 5 nitrogen and oxygen atoms in total. The number of ether oxygens (including phenoxy) is 3. The first kappa shape index (κ1) is 21.2. The van der Waals surface area contributed by atoms with E-state index in [-0.39, 0.29) is 5.91 Å². The van der Waals surface area contributed by atoms with Crippen molar-refractivity contribution in [3.63, 3.8) is 0 Å². The zero-order valence-electron chi connectivity index (χ0n) is 17.3. The molecule has 1 amide bonds. The predicted octanol–water partition coefficient (Wildman–Crippen LogP) is 5.83. The van der Waals surface area contributed by atoms with Crippen molar-refractivity contribution < 1.29 is 19.0 Å². The van der Waals surface area contributed by atoms with Crippen LogP contribution in [0.1, 0.15) is 18.4 Å². The average Bonchev–Trinajstić information content (AvgIpc) is 2.82. The summed E-state index contributed by atoms with van der Waals surface area (Å²) in [5.74, 6) is 1.78. The van der Waals surface area contributed by atoms with Gasteiger partial charge in [0.05, 0.1) is 18.2 Å². The lowest BCUT2D eigenvalue weighted by molar-refractivity contribution is -0.125. The Kier molecular flexibility index (Phi) is 6.44. The van der Waals surface area contributed by atoms with Crippen LogP contribution in [0.3, 0.4) is 0 Å². The van der Waals surface area contributed by atoms with Gasteiger partial charge in [-0.05, 0) is 60.9 Å². The molecule has 0 aliphatic carbocycles. The third-order valence-electron chi connectivity index (χ3n) is 5.58. The summed E-state index contributed by atoms with van der Waals surface area (Å²) in [4.78, 5) is 13.6. The number of hydrogen-bond donors (Lipinski definition) is 1. The van der Waals surface area contributed by atoms with E-state index in [0.717, 1.165) is 11.3 Å². The molecule has 0 spiro atoms. The molecule has 1 heterocycles. The SMILES string of the molecule is COc1ccc(Oc2ccc(Cl)cc2NC(=O)C2(c3ccccc3)CCOCC2)cc1. The molecule has 0 bridgehead atoms. The van der Waals surface area contributed by atoms with Crippen molar-refractivity contribution in [3.8, 4) is 17.2 Å². The third kappa shape index (κ3) is 4.68. The Morgan fingerprint density at radius 2 is 1.65 bits per heavy atom. The fraction of sp³-hybridized carbons (Fsp3) is 0.240. The van der Waals surface area contributed by atoms with E-state index in [1.807, 2.05) is 54.6 Å². The van der Waals surface area contributed by atoms with E-state index in [1.165, 1.54) is 0 Å². The van der Waals surface area contributed by atoms with Crippen LogP contribution in [0.4, 0.5) is 5.69 Å². The summed E-state index contributed by atoms with van der Waals surface area (Å²) < 4.78 is 16.8. The number of amides is 1. The quantitative estimate of drug-likeness (QED) is 0.527. The molecule has 1 saturated heterocycles. The van der Waals surface area contributed by atoms with Gasteiger partial charge in [-0.3, -0.25) is 4.79 Å². The Hall–Kier alpha value is -3.02. The second-order valence-corrected chi connectivity index (χ2v) is 7.87. The zero-order valence-corrected chi connectivity index (χ0v) is 18.0. The maximum atomic E-state index is 13.6. The molecule has 0 aromatic heterocycles. The van der Waals surface area contributed by atoms with Crippen LogP contribution in [-0.2, 0) is 14.9 Å². The molecule has 31 heavy (non-hydrogen) atoms. The maximum Gasteiger partial charge on any atom is 0.235 e. The van der Waals surface area contributed by atoms with Crippen molar-refractivity contribution in [3.05, 3.63) is 83.4 Å². The molecule has 160 valence electrons. The fourth-order valence-electron chi connectivity index (χ4n) is 3.83. The first-order chi connectivity index (χ1) is 15.1. The molecule has 1 aliphatic rings. The highest BCUT2D eigenvalue weighted by molar-refractivity contribution is 6.31. The Bertz CT molecular complexity index is 1030. The molecule has 6 heteroatoms. The maximum absolute atomic E-state index is 13.6. The Labute approximate surface area is 186 Å². The van der Waals surface area contributed by atoms with Crippen molar-refractivity contribution in [2.24, 2.45) is 0 Å². The topological polar surface area (TPSA) is 56.8 Å². The number of carbonyl (C=O) groups excluding carboxylic acids is 1. The van der Waals surface area contributed by atoms with Gasteiger partial charge in [-0.25, -0.2) is 0 Å². The van der Waals surface area contributed by atoms with Gasteiger partial charge in [0.1, 0.15) is 11.5 Å². The summed E-state index contributed by atoms with van der Waals surface area (Å²) in [5.41, 5.74) is 0.838. The van der Waals surface area contributed by atoms with Crippen molar-refractivity contribution in [1.29, 1.82) is 0 Å². The largest absolute Gasteiger partial charge is 0.497 e. The Morgan fingerprint density at radius 1 is 0.968 bits per heavy atom. The highest BCUT2D eigenvalue weighted by atomic mass is 35.5. The molecular weight excluding hydrogens is 414 g/mol. The molecule has 0 saturated carbocycles. The standard InChI is InChI=1S/C25H24ClNO4/c1-29-20-8-10-21(11-9-20)31-23-12-7-19(26)17-22(23)27-24(28)25(13-15-30-16-14-25)18-5-3-2-4-6-18/h2-12,17H,13-16H2,1H3,(H,27,28). The summed E-state index contributed by atoms with van der Waals surface area (Å²) in [6.07, 6.45) is 1.22. The smallest absolute Gasteiger partial charge is 0.235 e. The van der Waals surface area contributed by atoms with Crippen molar-refractivity contribution in [1.82, 2.24) is 0 Å². The summed E-state index contributed by atoms with van der Waals surface area (Å²) in [7, 11) is 1.61. The summed E-state index contributed by atoms with van der Waals surface area (Å²) in [5, 5.41) is 3.59. The van der Waals surface area contributed by atoms with Gasteiger partial charge in [0, 0.05) is 18.2 Å². The van der Waals surface area contributed by atoms with Gasteiger partial charge >= 0.3 is 0 Å². The Morgan fingerprint density at radius 3 is 2.32 bits per heavy atom. The van der Waals surface area contributed by atoms with Gasteiger partial charge in [-0.15, -0.1) is 0 Å². The van der Waals surface area contributed by atoms with E-state index in [1.54, 1.807) is 25.3 Å². The van der Waals surface area contributed by atoms with Crippen LogP contribution in [0.5, 0.6) is 17.2 Å². The normalized spacial score (nSPS) is 15.2. The summed E-state index contributed by atoms with van der Waals surface area (Å²) >= 11 is 6.24. The van der Waals surface area contributed by atoms with Gasteiger partial charge in [0.2, 0.25) is 5.91 Å². The van der Waals surface area contributed by atoms with Crippen molar-refractivity contribution >= 4 is 23.2 Å². The predicted molar refractivity (Wildman–Crippen MR) is 121 cm³/mol. The van der Waals surface area contributed by atoms with Gasteiger partial charge in [-0.2, -0.15) is 0 Å². The van der Waals surface area contributed by atoms with Gasteiger partial charge in [-0.1, -0.05) is 41.9 Å². The fourth-order valence-corrected chi connectivity index (χ4v) is 4.00. The molecule has 0 atom stereocenters. The third-order valence-corrected chi connectivity index (χ3v) is 5.82. The van der Waals surface area contributed by atoms with E-state index in [9.17, 15) is 4.79 Å². The number of rotatable bonds is 6. The molecule has 4 rings (SSSR count). The molecule has 3 aromatic rings. The number of halogens is 1. The summed E-state index contributed by atoms with van der Waals surface area (Å²) in [6, 6.07) is 22.3. The van der Waals surface area contributed by atoms with Crippen molar-refractivity contribution in [2.45, 2.75) is 18.3 Å². The molecule has 0 radical (unpaired) electrons. The number of methoxy groups -OCH3 is 1. The minimum absolute atomic E-state index is 0.0937. The highest BCUT2D eigenvalue weighted by Gasteiger charge is 2.41. The van der Waals surface area contributed by atoms with E-state index in [2.05, 4.69) is 5.32 Å². The van der Waals surface area contributed by atoms with E-state index in [4.69, 9.17) is 25.8 Å². The second kappa shape index (κ2) is 9.41. The van der Waals surface area contributed by atoms with Crippen LogP contribution in [0.15, 0.2) is 72.8 Å². The Balaban J connectivity index is 1.63. The first-order valence-electron chi connectivity index (χ1n) is 10.2. The van der Waals surface area contributed by atoms with Crippen LogP contribution in [0.2, 0.25) is 5.02 Å². The molecule has 1 aliphatic heterocycles. The minimum atomic E-state index is -0.667. The first-order valence-corrected chi connectivity index (χ1v) is 10.5. The van der Waals surface area contributed by atoms with E-state index >= 15 is 0 Å². The lowest BCUT2D eigenvalue weighted by atomic mass is 9.73. The number of anilines is 1. The number of benzene rings is 3.